The second-order valence-electron chi connectivity index (χ2n) is 6.86. The van der Waals surface area contributed by atoms with Crippen LogP contribution in [0.25, 0.3) is 0 Å². The highest BCUT2D eigenvalue weighted by atomic mass is 14.8. The molecule has 0 bridgehead atoms. The minimum Gasteiger partial charge on any atom is -0.0995 e. The third kappa shape index (κ3) is 0.708. The van der Waals surface area contributed by atoms with Gasteiger partial charge in [-0.1, -0.05) is 39.3 Å². The van der Waals surface area contributed by atoms with E-state index in [-0.39, 0.29) is 0 Å². The Hall–Kier alpha value is -0.260. The van der Waals surface area contributed by atoms with Crippen LogP contribution in [0.3, 0.4) is 0 Å². The molecule has 3 aliphatic rings. The summed E-state index contributed by atoms with van der Waals surface area (Å²) in [4.78, 5) is 0. The van der Waals surface area contributed by atoms with E-state index in [2.05, 4.69) is 27.4 Å². The highest BCUT2D eigenvalue weighted by Gasteiger charge is 2.75. The molecule has 0 aliphatic heterocycles. The van der Waals surface area contributed by atoms with Crippen LogP contribution in [0.2, 0.25) is 0 Å². The molecular weight excluding hydrogens is 168 g/mol. The summed E-state index contributed by atoms with van der Waals surface area (Å²) >= 11 is 0. The molecule has 0 heteroatoms. The van der Waals surface area contributed by atoms with Gasteiger partial charge in [0.05, 0.1) is 0 Å². The molecule has 3 atom stereocenters. The summed E-state index contributed by atoms with van der Waals surface area (Å²) in [5.41, 5.74) is 3.41. The van der Waals surface area contributed by atoms with Crippen molar-refractivity contribution in [2.75, 3.05) is 0 Å². The molecule has 3 saturated carbocycles. The van der Waals surface area contributed by atoms with Gasteiger partial charge in [0.15, 0.2) is 0 Å². The van der Waals surface area contributed by atoms with Gasteiger partial charge >= 0.3 is 0 Å². The Balaban J connectivity index is 2.10. The Morgan fingerprint density at radius 1 is 1.21 bits per heavy atom. The molecule has 0 nitrogen and oxygen atoms in total. The van der Waals surface area contributed by atoms with Crippen molar-refractivity contribution >= 4 is 0 Å². The summed E-state index contributed by atoms with van der Waals surface area (Å²) in [6, 6.07) is 0. The largest absolute Gasteiger partial charge is 0.0995 e. The number of allylic oxidation sites excluding steroid dienone is 1. The highest BCUT2D eigenvalue weighted by Crippen LogP contribution is 2.83. The zero-order valence-corrected chi connectivity index (χ0v) is 9.82. The Kier molecular flexibility index (Phi) is 1.37. The normalized spacial score (nSPS) is 53.9. The molecule has 3 rings (SSSR count). The van der Waals surface area contributed by atoms with Crippen molar-refractivity contribution in [2.45, 2.75) is 52.9 Å². The average Bonchev–Trinajstić information content (AvgIpc) is 2.72. The third-order valence-electron chi connectivity index (χ3n) is 5.89. The molecular formula is C14H22. The van der Waals surface area contributed by atoms with Crippen molar-refractivity contribution in [3.8, 4) is 0 Å². The highest BCUT2D eigenvalue weighted by molar-refractivity contribution is 5.36. The fraction of sp³-hybridized carbons (Fsp3) is 0.857. The lowest BCUT2D eigenvalue weighted by Gasteiger charge is -2.50. The van der Waals surface area contributed by atoms with Gasteiger partial charge < -0.3 is 0 Å². The average molecular weight is 190 g/mol. The molecule has 0 aromatic heterocycles. The Bertz CT molecular complexity index is 312. The van der Waals surface area contributed by atoms with Crippen LogP contribution in [0.4, 0.5) is 0 Å². The van der Waals surface area contributed by atoms with Gasteiger partial charge in [-0.3, -0.25) is 0 Å². The number of hydrogen-bond acceptors (Lipinski definition) is 0. The molecule has 0 unspecified atom stereocenters. The lowest BCUT2D eigenvalue weighted by molar-refractivity contribution is -0.0115. The second kappa shape index (κ2) is 2.13. The Morgan fingerprint density at radius 3 is 2.50 bits per heavy atom. The predicted molar refractivity (Wildman–Crippen MR) is 60.0 cm³/mol. The first kappa shape index (κ1) is 9.00. The van der Waals surface area contributed by atoms with Gasteiger partial charge in [-0.05, 0) is 47.8 Å². The van der Waals surface area contributed by atoms with Gasteiger partial charge in [0.25, 0.3) is 0 Å². The van der Waals surface area contributed by atoms with E-state index in [0.717, 1.165) is 5.92 Å². The third-order valence-corrected chi connectivity index (χ3v) is 5.89. The van der Waals surface area contributed by atoms with Gasteiger partial charge in [0.2, 0.25) is 0 Å². The van der Waals surface area contributed by atoms with Crippen LogP contribution >= 0.6 is 0 Å². The van der Waals surface area contributed by atoms with Crippen molar-refractivity contribution in [3.05, 3.63) is 12.2 Å². The molecule has 0 aromatic carbocycles. The van der Waals surface area contributed by atoms with E-state index in [1.54, 1.807) is 5.57 Å². The van der Waals surface area contributed by atoms with E-state index >= 15 is 0 Å². The van der Waals surface area contributed by atoms with Gasteiger partial charge in [-0.2, -0.15) is 0 Å². The van der Waals surface area contributed by atoms with E-state index in [4.69, 9.17) is 0 Å². The lowest BCUT2D eigenvalue weighted by atomic mass is 9.54. The quantitative estimate of drug-likeness (QED) is 0.503. The van der Waals surface area contributed by atoms with Crippen LogP contribution in [0.5, 0.6) is 0 Å². The van der Waals surface area contributed by atoms with E-state index in [9.17, 15) is 0 Å². The number of hydrogen-bond donors (Lipinski definition) is 0. The molecule has 3 aliphatic carbocycles. The van der Waals surface area contributed by atoms with Crippen LogP contribution in [0.1, 0.15) is 52.9 Å². The fourth-order valence-electron chi connectivity index (χ4n) is 5.22. The molecule has 0 N–H and O–H groups in total. The molecule has 14 heavy (non-hydrogen) atoms. The van der Waals surface area contributed by atoms with Gasteiger partial charge in [-0.25, -0.2) is 0 Å². The number of rotatable bonds is 0. The molecule has 0 aromatic rings. The zero-order chi connectivity index (χ0) is 10.2. The smallest absolute Gasteiger partial charge is 0.0118 e. The van der Waals surface area contributed by atoms with Crippen LogP contribution in [0, 0.1) is 22.2 Å². The van der Waals surface area contributed by atoms with Crippen molar-refractivity contribution < 1.29 is 0 Å². The van der Waals surface area contributed by atoms with E-state index in [1.165, 1.54) is 32.1 Å². The summed E-state index contributed by atoms with van der Waals surface area (Å²) in [7, 11) is 0. The maximum absolute atomic E-state index is 4.31. The first-order valence-electron chi connectivity index (χ1n) is 6.11. The second-order valence-corrected chi connectivity index (χ2v) is 6.86. The maximum atomic E-state index is 4.31. The van der Waals surface area contributed by atoms with E-state index < -0.39 is 0 Å². The Labute approximate surface area is 87.8 Å². The van der Waals surface area contributed by atoms with Crippen LogP contribution in [0.15, 0.2) is 12.2 Å². The van der Waals surface area contributed by atoms with Crippen LogP contribution < -0.4 is 0 Å². The summed E-state index contributed by atoms with van der Waals surface area (Å²) in [5.74, 6) is 0.891. The molecule has 0 heterocycles. The van der Waals surface area contributed by atoms with Crippen molar-refractivity contribution in [3.63, 3.8) is 0 Å². The predicted octanol–water partition coefficient (Wildman–Crippen LogP) is 4.17. The zero-order valence-electron chi connectivity index (χ0n) is 9.82. The van der Waals surface area contributed by atoms with Crippen LogP contribution in [-0.2, 0) is 0 Å². The standard InChI is InChI=1S/C14H22/c1-10-8-13(4)7-5-6-12(2,3)14(13)9-11(10)14/h11H,1,5-9H2,2-4H3/t11-,13-,14-/m1/s1. The van der Waals surface area contributed by atoms with Crippen molar-refractivity contribution in [2.24, 2.45) is 22.2 Å². The van der Waals surface area contributed by atoms with E-state index in [0.29, 0.717) is 16.2 Å². The minimum absolute atomic E-state index is 0.574. The summed E-state index contributed by atoms with van der Waals surface area (Å²) in [5, 5.41) is 0. The first-order chi connectivity index (χ1) is 6.43. The molecule has 78 valence electrons. The van der Waals surface area contributed by atoms with Crippen LogP contribution in [-0.4, -0.2) is 0 Å². The molecule has 0 saturated heterocycles. The molecule has 0 radical (unpaired) electrons. The topological polar surface area (TPSA) is 0 Å². The molecule has 0 amide bonds. The van der Waals surface area contributed by atoms with Gasteiger partial charge in [0, 0.05) is 0 Å². The summed E-state index contributed by atoms with van der Waals surface area (Å²) in [6.45, 7) is 11.8. The fourth-order valence-corrected chi connectivity index (χ4v) is 5.22. The van der Waals surface area contributed by atoms with Gasteiger partial charge in [-0.15, -0.1) is 0 Å². The molecule has 3 fully saturated rings. The maximum Gasteiger partial charge on any atom is -0.0118 e. The summed E-state index contributed by atoms with van der Waals surface area (Å²) in [6.07, 6.45) is 7.10. The van der Waals surface area contributed by atoms with Crippen molar-refractivity contribution in [1.82, 2.24) is 0 Å². The first-order valence-corrected chi connectivity index (χ1v) is 6.11. The molecule has 1 spiro atoms. The van der Waals surface area contributed by atoms with Gasteiger partial charge in [0.1, 0.15) is 0 Å². The Morgan fingerprint density at radius 2 is 1.93 bits per heavy atom. The van der Waals surface area contributed by atoms with Crippen molar-refractivity contribution in [1.29, 1.82) is 0 Å². The lowest BCUT2D eigenvalue weighted by Crippen LogP contribution is -2.42. The summed E-state index contributed by atoms with van der Waals surface area (Å²) < 4.78 is 0. The van der Waals surface area contributed by atoms with E-state index in [1.807, 2.05) is 0 Å². The minimum atomic E-state index is 0.574. The monoisotopic (exact) mass is 190 g/mol. The SMILES string of the molecule is C=C1C[C@@]2(C)CCCC(C)(C)[C@]23C[C@H]13.